The predicted molar refractivity (Wildman–Crippen MR) is 121 cm³/mol. The highest BCUT2D eigenvalue weighted by molar-refractivity contribution is 7.89. The van der Waals surface area contributed by atoms with E-state index in [1.807, 2.05) is 30.3 Å². The SMILES string of the molecule is O=C(/C=C/c1cn(-c2ccccc2)nc1-c1ccc(F)cc1)NCCN1CCCS1(=O)=O. The Kier molecular flexibility index (Phi) is 6.48. The summed E-state index contributed by atoms with van der Waals surface area (Å²) in [7, 11) is -3.18. The molecule has 166 valence electrons. The first-order chi connectivity index (χ1) is 15.4. The van der Waals surface area contributed by atoms with Crippen LogP contribution in [0, 0.1) is 5.82 Å². The van der Waals surface area contributed by atoms with Gasteiger partial charge in [0.05, 0.1) is 17.1 Å². The molecule has 1 saturated heterocycles. The molecule has 32 heavy (non-hydrogen) atoms. The van der Waals surface area contributed by atoms with E-state index < -0.39 is 10.0 Å². The van der Waals surface area contributed by atoms with E-state index in [1.165, 1.54) is 22.5 Å². The average molecular weight is 455 g/mol. The second-order valence-electron chi connectivity index (χ2n) is 7.41. The van der Waals surface area contributed by atoms with Crippen LogP contribution >= 0.6 is 0 Å². The molecule has 2 aromatic carbocycles. The molecule has 1 aliphatic rings. The lowest BCUT2D eigenvalue weighted by Crippen LogP contribution is -2.35. The van der Waals surface area contributed by atoms with Crippen molar-refractivity contribution in [3.63, 3.8) is 0 Å². The molecule has 0 unspecified atom stereocenters. The molecular weight excluding hydrogens is 431 g/mol. The maximum absolute atomic E-state index is 13.4. The molecule has 0 radical (unpaired) electrons. The first-order valence-corrected chi connectivity index (χ1v) is 11.9. The predicted octanol–water partition coefficient (Wildman–Crippen LogP) is 2.84. The van der Waals surface area contributed by atoms with Gasteiger partial charge in [0.2, 0.25) is 15.9 Å². The number of para-hydroxylation sites is 1. The van der Waals surface area contributed by atoms with E-state index in [4.69, 9.17) is 0 Å². The Morgan fingerprint density at radius 3 is 2.56 bits per heavy atom. The fourth-order valence-corrected chi connectivity index (χ4v) is 5.05. The van der Waals surface area contributed by atoms with Crippen LogP contribution in [0.2, 0.25) is 0 Å². The van der Waals surface area contributed by atoms with Crippen molar-refractivity contribution in [1.29, 1.82) is 0 Å². The Balaban J connectivity index is 1.50. The van der Waals surface area contributed by atoms with Crippen LogP contribution in [0.4, 0.5) is 4.39 Å². The first-order valence-electron chi connectivity index (χ1n) is 10.3. The Hall–Kier alpha value is -3.30. The molecular formula is C23H23FN4O3S. The largest absolute Gasteiger partial charge is 0.351 e. The summed E-state index contributed by atoms with van der Waals surface area (Å²) in [5.74, 6) is -0.509. The zero-order valence-corrected chi connectivity index (χ0v) is 18.1. The van der Waals surface area contributed by atoms with Gasteiger partial charge in [-0.2, -0.15) is 5.10 Å². The number of aromatic nitrogens is 2. The topological polar surface area (TPSA) is 84.3 Å². The van der Waals surface area contributed by atoms with Gasteiger partial charge in [-0.25, -0.2) is 21.8 Å². The van der Waals surface area contributed by atoms with E-state index in [1.54, 1.807) is 29.1 Å². The fraction of sp³-hybridized carbons (Fsp3) is 0.217. The number of nitrogens with one attached hydrogen (secondary N) is 1. The summed E-state index contributed by atoms with van der Waals surface area (Å²) in [4.78, 5) is 12.3. The van der Waals surface area contributed by atoms with E-state index in [0.29, 0.717) is 24.2 Å². The Bertz CT molecular complexity index is 1220. The molecule has 0 spiro atoms. The van der Waals surface area contributed by atoms with Gasteiger partial charge in [-0.05, 0) is 48.9 Å². The third-order valence-electron chi connectivity index (χ3n) is 5.16. The smallest absolute Gasteiger partial charge is 0.244 e. The molecule has 1 N–H and O–H groups in total. The minimum atomic E-state index is -3.18. The molecule has 3 aromatic rings. The van der Waals surface area contributed by atoms with Gasteiger partial charge < -0.3 is 5.32 Å². The molecule has 1 aliphatic heterocycles. The first kappa shape index (κ1) is 21.9. The summed E-state index contributed by atoms with van der Waals surface area (Å²) in [6.45, 7) is 0.985. The zero-order chi connectivity index (χ0) is 22.6. The van der Waals surface area contributed by atoms with Crippen molar-refractivity contribution in [1.82, 2.24) is 19.4 Å². The van der Waals surface area contributed by atoms with Crippen LogP contribution in [0.25, 0.3) is 23.0 Å². The number of carbonyl (C=O) groups is 1. The van der Waals surface area contributed by atoms with Crippen LogP contribution < -0.4 is 5.32 Å². The van der Waals surface area contributed by atoms with Crippen molar-refractivity contribution in [3.8, 4) is 16.9 Å². The highest BCUT2D eigenvalue weighted by Gasteiger charge is 2.27. The van der Waals surface area contributed by atoms with Crippen molar-refractivity contribution in [3.05, 3.63) is 78.3 Å². The second kappa shape index (κ2) is 9.46. The van der Waals surface area contributed by atoms with Crippen molar-refractivity contribution in [2.24, 2.45) is 0 Å². The number of rotatable bonds is 7. The van der Waals surface area contributed by atoms with Crippen LogP contribution in [-0.4, -0.2) is 53.8 Å². The molecule has 2 heterocycles. The number of amides is 1. The van der Waals surface area contributed by atoms with Crippen molar-refractivity contribution in [2.75, 3.05) is 25.4 Å². The lowest BCUT2D eigenvalue weighted by molar-refractivity contribution is -0.116. The number of benzene rings is 2. The molecule has 0 bridgehead atoms. The lowest BCUT2D eigenvalue weighted by Gasteiger charge is -2.13. The van der Waals surface area contributed by atoms with Crippen molar-refractivity contribution in [2.45, 2.75) is 6.42 Å². The molecule has 0 atom stereocenters. The van der Waals surface area contributed by atoms with Gasteiger partial charge in [0, 0.05) is 43.0 Å². The number of carbonyl (C=O) groups excluding carboxylic acids is 1. The Morgan fingerprint density at radius 1 is 1.12 bits per heavy atom. The fourth-order valence-electron chi connectivity index (χ4n) is 3.52. The summed E-state index contributed by atoms with van der Waals surface area (Å²) >= 11 is 0. The second-order valence-corrected chi connectivity index (χ2v) is 9.50. The highest BCUT2D eigenvalue weighted by Crippen LogP contribution is 2.25. The molecule has 0 aliphatic carbocycles. The maximum atomic E-state index is 13.4. The molecule has 9 heteroatoms. The zero-order valence-electron chi connectivity index (χ0n) is 17.3. The third-order valence-corrected chi connectivity index (χ3v) is 7.12. The van der Waals surface area contributed by atoms with Gasteiger partial charge >= 0.3 is 0 Å². The minimum absolute atomic E-state index is 0.165. The Labute approximate surface area is 186 Å². The summed E-state index contributed by atoms with van der Waals surface area (Å²) < 4.78 is 40.1. The van der Waals surface area contributed by atoms with Crippen LogP contribution in [0.15, 0.2) is 66.9 Å². The summed E-state index contributed by atoms with van der Waals surface area (Å²) in [6, 6.07) is 15.5. The summed E-state index contributed by atoms with van der Waals surface area (Å²) in [6.07, 6.45) is 5.45. The molecule has 7 nitrogen and oxygen atoms in total. The van der Waals surface area contributed by atoms with Crippen LogP contribution in [0.1, 0.15) is 12.0 Å². The van der Waals surface area contributed by atoms with E-state index in [2.05, 4.69) is 10.4 Å². The number of nitrogens with zero attached hydrogens (tertiary/aromatic N) is 3. The standard InChI is InChI=1S/C23H23FN4O3S/c24-20-10-7-18(8-11-20)23-19(17-28(26-23)21-5-2-1-3-6-21)9-12-22(29)25-13-15-27-14-4-16-32(27,30)31/h1-3,5-12,17H,4,13-16H2,(H,25,29)/b12-9+. The highest BCUT2D eigenvalue weighted by atomic mass is 32.2. The van der Waals surface area contributed by atoms with Crippen molar-refractivity contribution >= 4 is 22.0 Å². The van der Waals surface area contributed by atoms with Gasteiger partial charge in [0.1, 0.15) is 5.82 Å². The van der Waals surface area contributed by atoms with Gasteiger partial charge in [-0.15, -0.1) is 0 Å². The molecule has 0 saturated carbocycles. The third kappa shape index (κ3) is 5.12. The summed E-state index contributed by atoms with van der Waals surface area (Å²) in [5.41, 5.74) is 2.88. The van der Waals surface area contributed by atoms with E-state index >= 15 is 0 Å². The lowest BCUT2D eigenvalue weighted by atomic mass is 10.1. The number of hydrogen-bond donors (Lipinski definition) is 1. The van der Waals surface area contributed by atoms with E-state index in [9.17, 15) is 17.6 Å². The molecule has 1 amide bonds. The normalized spacial score (nSPS) is 15.9. The van der Waals surface area contributed by atoms with Gasteiger partial charge in [0.25, 0.3) is 0 Å². The van der Waals surface area contributed by atoms with E-state index in [-0.39, 0.29) is 30.6 Å². The van der Waals surface area contributed by atoms with Gasteiger partial charge in [-0.1, -0.05) is 18.2 Å². The van der Waals surface area contributed by atoms with Gasteiger partial charge in [-0.3, -0.25) is 4.79 Å². The maximum Gasteiger partial charge on any atom is 0.244 e. The molecule has 1 aromatic heterocycles. The summed E-state index contributed by atoms with van der Waals surface area (Å²) in [5, 5.41) is 7.34. The van der Waals surface area contributed by atoms with Gasteiger partial charge in [0.15, 0.2) is 0 Å². The minimum Gasteiger partial charge on any atom is -0.351 e. The number of hydrogen-bond acceptors (Lipinski definition) is 4. The van der Waals surface area contributed by atoms with Crippen LogP contribution in [0.3, 0.4) is 0 Å². The monoisotopic (exact) mass is 454 g/mol. The van der Waals surface area contributed by atoms with Crippen LogP contribution in [0.5, 0.6) is 0 Å². The molecule has 4 rings (SSSR count). The quantitative estimate of drug-likeness (QED) is 0.557. The number of sulfonamides is 1. The van der Waals surface area contributed by atoms with Crippen molar-refractivity contribution < 1.29 is 17.6 Å². The van der Waals surface area contributed by atoms with E-state index in [0.717, 1.165) is 11.3 Å². The molecule has 1 fully saturated rings. The average Bonchev–Trinajstić information content (AvgIpc) is 3.36. The number of halogens is 1. The Morgan fingerprint density at radius 2 is 1.88 bits per heavy atom. The van der Waals surface area contributed by atoms with Crippen LogP contribution in [-0.2, 0) is 14.8 Å².